The van der Waals surface area contributed by atoms with Gasteiger partial charge in [-0.3, -0.25) is 9.69 Å². The molecule has 0 aromatic carbocycles. The molecule has 0 bridgehead atoms. The standard InChI is InChI=1S/C11H19N2O2.Y/c1-7-8(11(2,3)4)13(9(7)14)10(15)12(5)6;/h7-8H,2H2,1,3-6H3;/q-1;+3. The smallest absolute Gasteiger partial charge is 0.336 e. The van der Waals surface area contributed by atoms with Crippen LogP contribution < -0.4 is 0 Å². The van der Waals surface area contributed by atoms with Crippen LogP contribution >= 0.6 is 0 Å². The van der Waals surface area contributed by atoms with Gasteiger partial charge in [-0.25, -0.2) is 4.79 Å². The molecule has 1 saturated heterocycles. The number of imide groups is 1. The first-order valence-corrected chi connectivity index (χ1v) is 5.07. The Morgan fingerprint density at radius 1 is 1.44 bits per heavy atom. The monoisotopic (exact) mass is 300 g/mol. The van der Waals surface area contributed by atoms with Crippen molar-refractivity contribution in [3.8, 4) is 0 Å². The SMILES string of the molecule is [CH2-]C(C)(C)C1C(C)C(=O)N1C(=O)N(C)C.[Y+3]. The fourth-order valence-electron chi connectivity index (χ4n) is 2.09. The van der Waals surface area contributed by atoms with E-state index < -0.39 is 0 Å². The van der Waals surface area contributed by atoms with Gasteiger partial charge < -0.3 is 11.8 Å². The summed E-state index contributed by atoms with van der Waals surface area (Å²) in [5.74, 6) is -0.211. The molecule has 1 heterocycles. The molecule has 2 atom stereocenters. The summed E-state index contributed by atoms with van der Waals surface area (Å²) in [6.45, 7) is 9.73. The second-order valence-corrected chi connectivity index (χ2v) is 5.11. The molecule has 86 valence electrons. The van der Waals surface area contributed by atoms with Crippen LogP contribution in [0, 0.1) is 18.3 Å². The topological polar surface area (TPSA) is 40.6 Å². The average molecular weight is 300 g/mol. The van der Waals surface area contributed by atoms with E-state index in [1.165, 1.54) is 9.80 Å². The van der Waals surface area contributed by atoms with Gasteiger partial charge in [-0.2, -0.15) is 0 Å². The van der Waals surface area contributed by atoms with E-state index in [0.29, 0.717) is 0 Å². The van der Waals surface area contributed by atoms with Gasteiger partial charge in [-0.1, -0.05) is 20.8 Å². The molecule has 3 amide bonds. The minimum atomic E-state index is -0.307. The fourth-order valence-corrected chi connectivity index (χ4v) is 2.09. The van der Waals surface area contributed by atoms with E-state index in [1.807, 2.05) is 20.8 Å². The minimum Gasteiger partial charge on any atom is -0.336 e. The molecule has 5 heteroatoms. The molecule has 4 nitrogen and oxygen atoms in total. The third-order valence-electron chi connectivity index (χ3n) is 2.77. The predicted molar refractivity (Wildman–Crippen MR) is 58.0 cm³/mol. The molecule has 0 saturated carbocycles. The Morgan fingerprint density at radius 3 is 2.19 bits per heavy atom. The van der Waals surface area contributed by atoms with Gasteiger partial charge in [0.2, 0.25) is 5.91 Å². The van der Waals surface area contributed by atoms with Gasteiger partial charge in [0.1, 0.15) is 0 Å². The molecule has 0 spiro atoms. The predicted octanol–water partition coefficient (Wildman–Crippen LogP) is 1.37. The van der Waals surface area contributed by atoms with Crippen LogP contribution in [0.15, 0.2) is 0 Å². The van der Waals surface area contributed by atoms with Gasteiger partial charge in [0.15, 0.2) is 0 Å². The van der Waals surface area contributed by atoms with E-state index in [2.05, 4.69) is 6.92 Å². The largest absolute Gasteiger partial charge is 3.00 e. The van der Waals surface area contributed by atoms with Crippen LogP contribution in [0.1, 0.15) is 20.8 Å². The van der Waals surface area contributed by atoms with Crippen LogP contribution in [0.2, 0.25) is 0 Å². The summed E-state index contributed by atoms with van der Waals surface area (Å²) >= 11 is 0. The molecule has 1 aliphatic heterocycles. The molecule has 0 aromatic rings. The average Bonchev–Trinajstić information content (AvgIpc) is 2.09. The number of rotatable bonds is 1. The van der Waals surface area contributed by atoms with Crippen LogP contribution in [0.3, 0.4) is 0 Å². The molecule has 0 radical (unpaired) electrons. The zero-order valence-electron chi connectivity index (χ0n) is 10.7. The summed E-state index contributed by atoms with van der Waals surface area (Å²) in [5, 5.41) is 0. The minimum absolute atomic E-state index is 0. The Kier molecular flexibility index (Phi) is 5.15. The number of carbonyl (C=O) groups excluding carboxylic acids is 2. The number of β-lactam (4-membered cyclic amide) rings is 1. The maximum Gasteiger partial charge on any atom is 3.00 e. The Labute approximate surface area is 123 Å². The maximum atomic E-state index is 11.7. The number of nitrogens with zero attached hydrogens (tertiary/aromatic N) is 2. The van der Waals surface area contributed by atoms with Crippen molar-refractivity contribution in [2.75, 3.05) is 14.1 Å². The second kappa shape index (κ2) is 5.13. The van der Waals surface area contributed by atoms with Crippen molar-refractivity contribution < 1.29 is 42.3 Å². The maximum absolute atomic E-state index is 11.7. The van der Waals surface area contributed by atoms with Gasteiger partial charge in [0.25, 0.3) is 0 Å². The van der Waals surface area contributed by atoms with Crippen LogP contribution in [0.5, 0.6) is 0 Å². The summed E-state index contributed by atoms with van der Waals surface area (Å²) in [7, 11) is 3.29. The van der Waals surface area contributed by atoms with Crippen LogP contribution in [0.25, 0.3) is 0 Å². The fraction of sp³-hybridized carbons (Fsp3) is 0.727. The number of carbonyl (C=O) groups is 2. The van der Waals surface area contributed by atoms with E-state index in [-0.39, 0.29) is 62.0 Å². The zero-order chi connectivity index (χ0) is 12.0. The summed E-state index contributed by atoms with van der Waals surface area (Å²) in [6.07, 6.45) is 0. The number of hydrogen-bond donors (Lipinski definition) is 0. The molecule has 0 aliphatic carbocycles. The van der Waals surface area contributed by atoms with E-state index in [4.69, 9.17) is 0 Å². The third-order valence-corrected chi connectivity index (χ3v) is 2.77. The van der Waals surface area contributed by atoms with E-state index >= 15 is 0 Å². The summed E-state index contributed by atoms with van der Waals surface area (Å²) in [6, 6.07) is -0.347. The summed E-state index contributed by atoms with van der Waals surface area (Å²) < 4.78 is 0. The Bertz CT molecular complexity index is 297. The second-order valence-electron chi connectivity index (χ2n) is 5.11. The molecule has 0 aromatic heterocycles. The summed E-state index contributed by atoms with van der Waals surface area (Å²) in [5.41, 5.74) is -0.307. The van der Waals surface area contributed by atoms with Crippen molar-refractivity contribution in [1.82, 2.24) is 9.80 Å². The Morgan fingerprint density at radius 2 is 1.88 bits per heavy atom. The Hall–Kier alpha value is 0.0439. The first-order chi connectivity index (χ1) is 6.68. The van der Waals surface area contributed by atoms with Crippen molar-refractivity contribution in [2.45, 2.75) is 26.8 Å². The normalized spacial score (nSPS) is 24.6. The number of urea groups is 1. The van der Waals surface area contributed by atoms with Crippen molar-refractivity contribution >= 4 is 11.9 Å². The third kappa shape index (κ3) is 2.65. The molecular formula is C11H19N2O2Y+2. The van der Waals surface area contributed by atoms with Crippen molar-refractivity contribution in [3.63, 3.8) is 0 Å². The van der Waals surface area contributed by atoms with Crippen LogP contribution in [-0.4, -0.2) is 41.9 Å². The quantitative estimate of drug-likeness (QED) is 0.542. The molecular weight excluding hydrogens is 281 g/mol. The summed E-state index contributed by atoms with van der Waals surface area (Å²) in [4.78, 5) is 26.1. The van der Waals surface area contributed by atoms with Gasteiger partial charge in [0, 0.05) is 20.1 Å². The van der Waals surface area contributed by atoms with Crippen molar-refractivity contribution in [2.24, 2.45) is 11.3 Å². The van der Waals surface area contributed by atoms with Crippen LogP contribution in [0.4, 0.5) is 4.79 Å². The zero-order valence-corrected chi connectivity index (χ0v) is 13.5. The molecule has 1 rings (SSSR count). The van der Waals surface area contributed by atoms with Gasteiger partial charge in [-0.05, 0) is 0 Å². The van der Waals surface area contributed by atoms with E-state index in [1.54, 1.807) is 14.1 Å². The van der Waals surface area contributed by atoms with Gasteiger partial charge in [-0.15, -0.1) is 5.41 Å². The molecule has 2 unspecified atom stereocenters. The molecule has 16 heavy (non-hydrogen) atoms. The van der Waals surface area contributed by atoms with Crippen molar-refractivity contribution in [3.05, 3.63) is 6.92 Å². The van der Waals surface area contributed by atoms with Crippen molar-refractivity contribution in [1.29, 1.82) is 0 Å². The number of likely N-dealkylation sites (tertiary alicyclic amines) is 1. The molecule has 1 fully saturated rings. The first-order valence-electron chi connectivity index (χ1n) is 5.07. The number of hydrogen-bond acceptors (Lipinski definition) is 2. The van der Waals surface area contributed by atoms with Gasteiger partial charge in [0.05, 0.1) is 5.92 Å². The van der Waals surface area contributed by atoms with E-state index in [9.17, 15) is 9.59 Å². The van der Waals surface area contributed by atoms with Gasteiger partial charge >= 0.3 is 38.7 Å². The van der Waals surface area contributed by atoms with E-state index in [0.717, 1.165) is 0 Å². The van der Waals surface area contributed by atoms with Crippen LogP contribution in [-0.2, 0) is 37.5 Å². The molecule has 0 N–H and O–H groups in total. The first kappa shape index (κ1) is 16.0. The number of amides is 3. The molecule has 1 aliphatic rings. The Balaban J connectivity index is 0.00000225.